The third-order valence-electron chi connectivity index (χ3n) is 9.51. The summed E-state index contributed by atoms with van der Waals surface area (Å²) < 4.78 is 2.28. The third-order valence-corrected chi connectivity index (χ3v) is 10.9. The molecule has 0 radical (unpaired) electrons. The summed E-state index contributed by atoms with van der Waals surface area (Å²) in [6.07, 6.45) is 0. The van der Waals surface area contributed by atoms with Crippen LogP contribution in [0.15, 0.2) is 130 Å². The van der Waals surface area contributed by atoms with E-state index < -0.39 is 0 Å². The molecule has 0 aliphatic carbocycles. The Morgan fingerprint density at radius 2 is 0.500 bits per heavy atom. The third kappa shape index (κ3) is 2.82. The molecule has 0 saturated carbocycles. The highest BCUT2D eigenvalue weighted by Gasteiger charge is 2.19. The first-order valence-corrected chi connectivity index (χ1v) is 15.8. The van der Waals surface area contributed by atoms with Crippen molar-refractivity contribution in [2.45, 2.75) is 0 Å². The number of halogens is 2. The summed E-state index contributed by atoms with van der Waals surface area (Å²) in [6.45, 7) is 0. The zero-order valence-electron chi connectivity index (χ0n) is 22.3. The van der Waals surface area contributed by atoms with Crippen molar-refractivity contribution in [3.63, 3.8) is 0 Å². The van der Waals surface area contributed by atoms with Crippen molar-refractivity contribution in [2.24, 2.45) is 0 Å². The van der Waals surface area contributed by atoms with Gasteiger partial charge in [0.15, 0.2) is 0 Å². The second-order valence-electron chi connectivity index (χ2n) is 11.4. The lowest BCUT2D eigenvalue weighted by molar-refractivity contribution is 1.72. The van der Waals surface area contributed by atoms with Crippen molar-refractivity contribution in [1.82, 2.24) is 0 Å². The molecule has 2 heteroatoms. The van der Waals surface area contributed by atoms with E-state index in [-0.39, 0.29) is 0 Å². The van der Waals surface area contributed by atoms with Crippen molar-refractivity contribution >= 4 is 118 Å². The predicted octanol–water partition coefficient (Wildman–Crippen LogP) is 13.0. The number of fused-ring (bicyclic) bond motifs is 4. The molecule has 0 fully saturated rings. The van der Waals surface area contributed by atoms with Gasteiger partial charge in [0.2, 0.25) is 0 Å². The Bertz CT molecular complexity index is 2520. The van der Waals surface area contributed by atoms with E-state index in [1.165, 1.54) is 97.3 Å². The van der Waals surface area contributed by atoms with Gasteiger partial charge in [0, 0.05) is 8.95 Å². The summed E-state index contributed by atoms with van der Waals surface area (Å²) in [5.41, 5.74) is 2.57. The van der Waals surface area contributed by atoms with Gasteiger partial charge in [-0.15, -0.1) is 0 Å². The maximum absolute atomic E-state index is 3.80. The van der Waals surface area contributed by atoms with Crippen LogP contribution in [0, 0.1) is 0 Å². The fourth-order valence-corrected chi connectivity index (χ4v) is 8.75. The first kappa shape index (κ1) is 23.3. The van der Waals surface area contributed by atoms with Crippen LogP contribution in [-0.2, 0) is 0 Å². The zero-order valence-corrected chi connectivity index (χ0v) is 25.5. The Morgan fingerprint density at radius 1 is 0.238 bits per heavy atom. The van der Waals surface area contributed by atoms with Gasteiger partial charge in [0.25, 0.3) is 0 Å². The summed E-state index contributed by atoms with van der Waals surface area (Å²) >= 11 is 7.61. The molecule has 0 unspecified atom stereocenters. The highest BCUT2D eigenvalue weighted by Crippen LogP contribution is 2.48. The van der Waals surface area contributed by atoms with Crippen LogP contribution in [0.3, 0.4) is 0 Å². The van der Waals surface area contributed by atoms with Gasteiger partial charge in [-0.05, 0) is 109 Å². The van der Waals surface area contributed by atoms with Crippen LogP contribution in [0.2, 0.25) is 0 Å². The van der Waals surface area contributed by atoms with Crippen LogP contribution in [0.5, 0.6) is 0 Å². The Labute approximate surface area is 258 Å². The van der Waals surface area contributed by atoms with Crippen LogP contribution in [0.4, 0.5) is 0 Å². The van der Waals surface area contributed by atoms with E-state index in [1.807, 2.05) is 0 Å². The molecule has 0 heterocycles. The summed E-state index contributed by atoms with van der Waals surface area (Å²) in [7, 11) is 0. The van der Waals surface area contributed by atoms with Crippen LogP contribution in [-0.4, -0.2) is 0 Å². The molecule has 10 aromatic carbocycles. The van der Waals surface area contributed by atoms with Gasteiger partial charge in [-0.3, -0.25) is 0 Å². The van der Waals surface area contributed by atoms with Crippen LogP contribution in [0.25, 0.3) is 97.3 Å². The average Bonchev–Trinajstić information content (AvgIpc) is 3.03. The van der Waals surface area contributed by atoms with Gasteiger partial charge in [-0.2, -0.15) is 0 Å². The molecule has 194 valence electrons. The molecule has 0 atom stereocenters. The molecule has 0 aliphatic rings. The molecule has 0 saturated heterocycles. The maximum Gasteiger partial charge on any atom is 0.0254 e. The molecule has 0 N–H and O–H groups in total. The fourth-order valence-electron chi connectivity index (χ4n) is 7.82. The normalized spacial score (nSPS) is 12.5. The van der Waals surface area contributed by atoms with Gasteiger partial charge >= 0.3 is 0 Å². The fraction of sp³-hybridized carbons (Fsp3) is 0. The van der Waals surface area contributed by atoms with Crippen LogP contribution < -0.4 is 0 Å². The molecule has 0 bridgehead atoms. The molecule has 0 aromatic heterocycles. The highest BCUT2D eigenvalue weighted by atomic mass is 79.9. The Balaban J connectivity index is 1.37. The molecule has 10 aromatic rings. The Morgan fingerprint density at radius 3 is 0.881 bits per heavy atom. The Hall–Kier alpha value is -4.24. The molecule has 0 spiro atoms. The van der Waals surface area contributed by atoms with Crippen molar-refractivity contribution in [2.75, 3.05) is 0 Å². The Kier molecular flexibility index (Phi) is 4.55. The molecule has 42 heavy (non-hydrogen) atoms. The van der Waals surface area contributed by atoms with E-state index in [1.54, 1.807) is 0 Å². The van der Waals surface area contributed by atoms with E-state index in [4.69, 9.17) is 0 Å². The van der Waals surface area contributed by atoms with Crippen molar-refractivity contribution in [3.8, 4) is 11.1 Å². The summed E-state index contributed by atoms with van der Waals surface area (Å²) in [4.78, 5) is 0. The van der Waals surface area contributed by atoms with Crippen molar-refractivity contribution in [1.29, 1.82) is 0 Å². The van der Waals surface area contributed by atoms with Gasteiger partial charge in [-0.1, -0.05) is 141 Å². The van der Waals surface area contributed by atoms with Crippen molar-refractivity contribution in [3.05, 3.63) is 130 Å². The second-order valence-corrected chi connectivity index (χ2v) is 13.1. The lowest BCUT2D eigenvalue weighted by atomic mass is 9.84. The largest absolute Gasteiger partial charge is 0.0610 e. The quantitative estimate of drug-likeness (QED) is 0.121. The number of rotatable bonds is 1. The van der Waals surface area contributed by atoms with E-state index in [9.17, 15) is 0 Å². The van der Waals surface area contributed by atoms with Crippen LogP contribution in [0.1, 0.15) is 0 Å². The van der Waals surface area contributed by atoms with Crippen LogP contribution >= 0.6 is 31.9 Å². The van der Waals surface area contributed by atoms with Gasteiger partial charge in [0.05, 0.1) is 0 Å². The zero-order chi connectivity index (χ0) is 27.7. The number of benzene rings is 10. The highest BCUT2D eigenvalue weighted by molar-refractivity contribution is 9.11. The van der Waals surface area contributed by atoms with E-state index >= 15 is 0 Å². The van der Waals surface area contributed by atoms with E-state index in [2.05, 4.69) is 153 Å². The molecule has 0 aliphatic heterocycles. The molecule has 0 nitrogen and oxygen atoms in total. The van der Waals surface area contributed by atoms with Crippen molar-refractivity contribution < 1.29 is 0 Å². The first-order valence-electron chi connectivity index (χ1n) is 14.2. The minimum Gasteiger partial charge on any atom is -0.0610 e. The topological polar surface area (TPSA) is 0 Å². The van der Waals surface area contributed by atoms with Gasteiger partial charge < -0.3 is 0 Å². The minimum atomic E-state index is 1.14. The van der Waals surface area contributed by atoms with Gasteiger partial charge in [0.1, 0.15) is 0 Å². The smallest absolute Gasteiger partial charge is 0.0254 e. The lowest BCUT2D eigenvalue weighted by Crippen LogP contribution is -1.92. The number of hydrogen-bond donors (Lipinski definition) is 0. The summed E-state index contributed by atoms with van der Waals surface area (Å²) in [5.74, 6) is 0. The standard InChI is InChI=1S/C40H20Br2/c41-35-19-17-31-25-7-1-5-23-21(13-15-29(37(23)25)27-9-3-11-33(35)39(27)31)22-14-16-30-28-10-4-12-34-36(42)20-18-32(40(28)34)26-8-2-6-24(22)38(26)30/h1-20H. The minimum absolute atomic E-state index is 1.14. The summed E-state index contributed by atoms with van der Waals surface area (Å²) in [5, 5.41) is 21.0. The molecular formula is C40H20Br2. The molecule has 0 amide bonds. The van der Waals surface area contributed by atoms with Gasteiger partial charge in [-0.25, -0.2) is 0 Å². The van der Waals surface area contributed by atoms with E-state index in [0.717, 1.165) is 8.95 Å². The molecular weight excluding hydrogens is 640 g/mol. The lowest BCUT2D eigenvalue weighted by Gasteiger charge is -2.19. The predicted molar refractivity (Wildman–Crippen MR) is 190 cm³/mol. The maximum atomic E-state index is 3.80. The number of hydrogen-bond acceptors (Lipinski definition) is 0. The summed E-state index contributed by atoms with van der Waals surface area (Å²) in [6, 6.07) is 45.4. The molecule has 10 rings (SSSR count). The second kappa shape index (κ2) is 8.19. The monoisotopic (exact) mass is 658 g/mol. The van der Waals surface area contributed by atoms with E-state index in [0.29, 0.717) is 0 Å². The first-order chi connectivity index (χ1) is 20.7. The SMILES string of the molecule is Brc1ccc2c3cccc4c(-c5ccc6c7cccc8c(Br)ccc(c9cccc5c96)c87)ccc(c5cccc1c25)c43. The average molecular weight is 660 g/mol.